The Morgan fingerprint density at radius 2 is 1.81 bits per heavy atom. The molecule has 2 fully saturated rings. The van der Waals surface area contributed by atoms with E-state index in [1.807, 2.05) is 19.9 Å². The van der Waals surface area contributed by atoms with E-state index in [1.165, 1.54) is 29.9 Å². The van der Waals surface area contributed by atoms with Gasteiger partial charge < -0.3 is 19.3 Å². The van der Waals surface area contributed by atoms with E-state index in [4.69, 9.17) is 24.2 Å². The maximum Gasteiger partial charge on any atom is 0.310 e. The van der Waals surface area contributed by atoms with Gasteiger partial charge in [0.15, 0.2) is 5.65 Å². The van der Waals surface area contributed by atoms with Gasteiger partial charge in [0.2, 0.25) is 17.6 Å². The number of aryl methyl sites for hydroxylation is 3. The molecule has 3 aliphatic rings. The highest BCUT2D eigenvalue weighted by Gasteiger charge is 2.43. The average Bonchev–Trinajstić information content (AvgIpc) is 3.53. The van der Waals surface area contributed by atoms with Crippen LogP contribution in [0.4, 0.5) is 8.78 Å². The van der Waals surface area contributed by atoms with Crippen LogP contribution in [0.2, 0.25) is 0 Å². The standard InChI is InChI=1S/C40H51F2N7O5/c1-25-19-29-23-48(24-40(10-16-52-17-11-40)54-37(29)44-36(25)53-18-15-47-12-7-6-8-13-47)22-28-20-31(43-21-26(28)2)32(39(4,5)38(50)51)30-9-14-49-34(27(30)3)45-46-35(49)33(41)42/h9,14,19-21,32-33H,6-8,10-13,15-18,22-24H2,1-5H3,(H,50,51)/t32-/m1/s1. The first kappa shape index (κ1) is 38.0. The first-order valence-corrected chi connectivity index (χ1v) is 19.0. The van der Waals surface area contributed by atoms with E-state index in [0.717, 1.165) is 54.7 Å². The zero-order valence-electron chi connectivity index (χ0n) is 31.9. The van der Waals surface area contributed by atoms with Crippen molar-refractivity contribution in [1.29, 1.82) is 0 Å². The van der Waals surface area contributed by atoms with E-state index >= 15 is 0 Å². The highest BCUT2D eigenvalue weighted by atomic mass is 19.3. The molecule has 54 heavy (non-hydrogen) atoms. The summed E-state index contributed by atoms with van der Waals surface area (Å²) in [6.07, 6.45) is 5.68. The van der Waals surface area contributed by atoms with Crippen LogP contribution in [0, 0.1) is 26.2 Å². The summed E-state index contributed by atoms with van der Waals surface area (Å²) >= 11 is 0. The van der Waals surface area contributed by atoms with Crippen molar-refractivity contribution in [1.82, 2.24) is 34.4 Å². The van der Waals surface area contributed by atoms with Crippen LogP contribution in [0.1, 0.15) is 103 Å². The normalized spacial score (nSPS) is 18.7. The van der Waals surface area contributed by atoms with Gasteiger partial charge in [-0.3, -0.25) is 24.0 Å². The summed E-state index contributed by atoms with van der Waals surface area (Å²) in [7, 11) is 0. The lowest BCUT2D eigenvalue weighted by atomic mass is 9.71. The van der Waals surface area contributed by atoms with Gasteiger partial charge in [0.05, 0.1) is 18.6 Å². The second-order valence-electron chi connectivity index (χ2n) is 15.8. The number of ether oxygens (including phenoxy) is 3. The van der Waals surface area contributed by atoms with Crippen molar-refractivity contribution in [2.75, 3.05) is 46.0 Å². The number of hydrogen-bond donors (Lipinski definition) is 1. The first-order chi connectivity index (χ1) is 25.8. The second kappa shape index (κ2) is 15.5. The predicted molar refractivity (Wildman–Crippen MR) is 197 cm³/mol. The molecule has 0 aliphatic carbocycles. The molecule has 7 rings (SSSR count). The molecule has 2 saturated heterocycles. The fourth-order valence-electron chi connectivity index (χ4n) is 8.27. The number of hydrogen-bond acceptors (Lipinski definition) is 10. The molecule has 0 bridgehead atoms. The Morgan fingerprint density at radius 1 is 1.06 bits per heavy atom. The van der Waals surface area contributed by atoms with Crippen molar-refractivity contribution in [3.05, 3.63) is 75.5 Å². The third-order valence-corrected chi connectivity index (χ3v) is 11.5. The molecule has 0 radical (unpaired) electrons. The third-order valence-electron chi connectivity index (χ3n) is 11.5. The molecule has 4 aromatic heterocycles. The van der Waals surface area contributed by atoms with Crippen LogP contribution in [0.5, 0.6) is 11.8 Å². The fraction of sp³-hybridized carbons (Fsp3) is 0.575. The first-order valence-electron chi connectivity index (χ1n) is 19.0. The Kier molecular flexibility index (Phi) is 10.9. The molecule has 7 heterocycles. The summed E-state index contributed by atoms with van der Waals surface area (Å²) in [4.78, 5) is 27.5. The summed E-state index contributed by atoms with van der Waals surface area (Å²) in [5.41, 5.74) is 4.13. The van der Waals surface area contributed by atoms with E-state index in [9.17, 15) is 18.7 Å². The lowest BCUT2D eigenvalue weighted by Crippen LogP contribution is -2.49. The topological polar surface area (TPSA) is 127 Å². The molecule has 0 amide bonds. The van der Waals surface area contributed by atoms with Crippen molar-refractivity contribution in [3.63, 3.8) is 0 Å². The lowest BCUT2D eigenvalue weighted by Gasteiger charge is -2.38. The van der Waals surface area contributed by atoms with E-state index < -0.39 is 35.2 Å². The molecule has 14 heteroatoms. The quantitative estimate of drug-likeness (QED) is 0.182. The molecule has 0 aromatic carbocycles. The molecular formula is C40H51F2N7O5. The second-order valence-corrected chi connectivity index (χ2v) is 15.8. The van der Waals surface area contributed by atoms with Crippen molar-refractivity contribution >= 4 is 11.6 Å². The number of halogens is 2. The van der Waals surface area contributed by atoms with Gasteiger partial charge in [-0.15, -0.1) is 10.2 Å². The van der Waals surface area contributed by atoms with Crippen molar-refractivity contribution in [2.24, 2.45) is 5.41 Å². The number of carboxylic acid groups (broad SMARTS) is 1. The predicted octanol–water partition coefficient (Wildman–Crippen LogP) is 6.43. The van der Waals surface area contributed by atoms with Crippen LogP contribution in [0.25, 0.3) is 5.65 Å². The largest absolute Gasteiger partial charge is 0.481 e. The number of nitrogens with zero attached hydrogens (tertiary/aromatic N) is 7. The number of carbonyl (C=O) groups is 1. The van der Waals surface area contributed by atoms with Crippen LogP contribution < -0.4 is 9.47 Å². The minimum atomic E-state index is -2.81. The Balaban J connectivity index is 1.20. The maximum atomic E-state index is 13.7. The fourth-order valence-corrected chi connectivity index (χ4v) is 8.27. The molecule has 0 saturated carbocycles. The van der Waals surface area contributed by atoms with Gasteiger partial charge in [-0.1, -0.05) is 6.42 Å². The van der Waals surface area contributed by atoms with Gasteiger partial charge in [0.25, 0.3) is 6.43 Å². The molecule has 3 aliphatic heterocycles. The summed E-state index contributed by atoms with van der Waals surface area (Å²) in [6.45, 7) is 15.8. The highest BCUT2D eigenvalue weighted by molar-refractivity contribution is 5.76. The number of alkyl halides is 2. The molecular weight excluding hydrogens is 696 g/mol. The number of rotatable bonds is 11. The van der Waals surface area contributed by atoms with Gasteiger partial charge >= 0.3 is 5.97 Å². The number of aliphatic carboxylic acids is 1. The Hall–Kier alpha value is -4.27. The smallest absolute Gasteiger partial charge is 0.310 e. The van der Waals surface area contributed by atoms with Gasteiger partial charge in [-0.05, 0) is 101 Å². The summed E-state index contributed by atoms with van der Waals surface area (Å²) in [5.74, 6) is -0.986. The number of aromatic nitrogens is 5. The van der Waals surface area contributed by atoms with Crippen LogP contribution in [0.15, 0.2) is 30.6 Å². The third kappa shape index (κ3) is 7.65. The van der Waals surface area contributed by atoms with Crippen LogP contribution in [-0.2, 0) is 22.6 Å². The maximum absolute atomic E-state index is 13.7. The van der Waals surface area contributed by atoms with Crippen molar-refractivity contribution in [3.8, 4) is 11.8 Å². The monoisotopic (exact) mass is 747 g/mol. The molecule has 290 valence electrons. The number of piperidine rings is 1. The van der Waals surface area contributed by atoms with E-state index in [2.05, 4.69) is 26.1 Å². The summed E-state index contributed by atoms with van der Waals surface area (Å²) in [5, 5.41) is 18.3. The van der Waals surface area contributed by atoms with E-state index in [1.54, 1.807) is 33.0 Å². The molecule has 12 nitrogen and oxygen atoms in total. The number of carboxylic acids is 1. The van der Waals surface area contributed by atoms with Crippen LogP contribution in [0.3, 0.4) is 0 Å². The Morgan fingerprint density at radius 3 is 2.54 bits per heavy atom. The van der Waals surface area contributed by atoms with Crippen LogP contribution >= 0.6 is 0 Å². The summed E-state index contributed by atoms with van der Waals surface area (Å²) in [6, 6.07) is 5.81. The molecule has 1 atom stereocenters. The molecule has 4 aromatic rings. The van der Waals surface area contributed by atoms with Crippen molar-refractivity contribution in [2.45, 2.75) is 97.8 Å². The molecule has 1 spiro atoms. The van der Waals surface area contributed by atoms with Gasteiger partial charge in [0, 0.05) is 74.2 Å². The Bertz CT molecular complexity index is 1990. The zero-order chi connectivity index (χ0) is 38.2. The lowest BCUT2D eigenvalue weighted by molar-refractivity contribution is -0.147. The minimum absolute atomic E-state index is 0.255. The minimum Gasteiger partial charge on any atom is -0.481 e. The van der Waals surface area contributed by atoms with Gasteiger partial charge in [-0.25, -0.2) is 8.78 Å². The van der Waals surface area contributed by atoms with Gasteiger partial charge in [0.1, 0.15) is 12.2 Å². The average molecular weight is 748 g/mol. The number of pyridine rings is 3. The molecule has 1 N–H and O–H groups in total. The van der Waals surface area contributed by atoms with Gasteiger partial charge in [-0.2, -0.15) is 4.98 Å². The Labute approximate surface area is 314 Å². The summed E-state index contributed by atoms with van der Waals surface area (Å²) < 4.78 is 47.5. The highest BCUT2D eigenvalue weighted by Crippen LogP contribution is 2.43. The zero-order valence-corrected chi connectivity index (χ0v) is 31.9. The van der Waals surface area contributed by atoms with Crippen molar-refractivity contribution < 1.29 is 32.9 Å². The van der Waals surface area contributed by atoms with E-state index in [0.29, 0.717) is 68.0 Å². The number of fused-ring (bicyclic) bond motifs is 2. The SMILES string of the molecule is Cc1cnc([C@@H](c2ccn3c(C(F)F)nnc3c2C)C(C)(C)C(=O)O)cc1CN1Cc2cc(C)c(OCCN3CCCCC3)nc2OC2(CCOCC2)C1. The van der Waals surface area contributed by atoms with E-state index in [-0.39, 0.29) is 5.65 Å². The van der Waals surface area contributed by atoms with Crippen LogP contribution in [-0.4, -0.2) is 97.0 Å². The number of likely N-dealkylation sites (tertiary alicyclic amines) is 1. The molecule has 0 unspecified atom stereocenters.